The zero-order chi connectivity index (χ0) is 13.8. The Kier molecular flexibility index (Phi) is 4.77. The molecule has 0 spiro atoms. The Morgan fingerprint density at radius 3 is 1.21 bits per heavy atom. The van der Waals surface area contributed by atoms with Crippen molar-refractivity contribution in [3.8, 4) is 0 Å². The van der Waals surface area contributed by atoms with Crippen molar-refractivity contribution < 1.29 is 0 Å². The van der Waals surface area contributed by atoms with Crippen molar-refractivity contribution in [2.75, 3.05) is 0 Å². The molecule has 0 nitrogen and oxygen atoms in total. The van der Waals surface area contributed by atoms with E-state index in [0.717, 1.165) is 8.58 Å². The van der Waals surface area contributed by atoms with E-state index in [1.54, 1.807) is 0 Å². The molecular formula is C18H23P. The topological polar surface area (TPSA) is 0 Å². The van der Waals surface area contributed by atoms with Gasteiger partial charge in [-0.25, -0.2) is 0 Å². The average Bonchev–Trinajstić information content (AvgIpc) is 2.26. The van der Waals surface area contributed by atoms with Crippen LogP contribution in [0.3, 0.4) is 0 Å². The van der Waals surface area contributed by atoms with Crippen LogP contribution in [-0.2, 0) is 12.3 Å². The molecule has 19 heavy (non-hydrogen) atoms. The van der Waals surface area contributed by atoms with Gasteiger partial charge in [0.25, 0.3) is 0 Å². The molecule has 0 radical (unpaired) electrons. The summed E-state index contributed by atoms with van der Waals surface area (Å²) in [5.74, 6) is 0. The summed E-state index contributed by atoms with van der Waals surface area (Å²) in [7, 11) is 0.973. The highest BCUT2D eigenvalue weighted by molar-refractivity contribution is 7.36. The Morgan fingerprint density at radius 2 is 0.895 bits per heavy atom. The molecule has 0 aromatic heterocycles. The summed E-state index contributed by atoms with van der Waals surface area (Å²) >= 11 is 0. The third-order valence-electron chi connectivity index (χ3n) is 3.22. The smallest absolute Gasteiger partial charge is 0.00974 e. The molecule has 0 heterocycles. The van der Waals surface area contributed by atoms with Gasteiger partial charge in [-0.2, -0.15) is 0 Å². The predicted octanol–water partition coefficient (Wildman–Crippen LogP) is 5.30. The lowest BCUT2D eigenvalue weighted by molar-refractivity contribution is 1.27. The van der Waals surface area contributed by atoms with Gasteiger partial charge in [0.15, 0.2) is 0 Å². The fourth-order valence-corrected chi connectivity index (χ4v) is 3.80. The highest BCUT2D eigenvalue weighted by Crippen LogP contribution is 2.26. The lowest BCUT2D eigenvalue weighted by Gasteiger charge is -2.07. The van der Waals surface area contributed by atoms with Crippen molar-refractivity contribution >= 4 is 8.58 Å². The molecule has 0 amide bonds. The van der Waals surface area contributed by atoms with Gasteiger partial charge in [-0.05, 0) is 51.1 Å². The van der Waals surface area contributed by atoms with Gasteiger partial charge in [0.1, 0.15) is 0 Å². The van der Waals surface area contributed by atoms with E-state index in [0.29, 0.717) is 0 Å². The van der Waals surface area contributed by atoms with Crippen LogP contribution in [0.5, 0.6) is 0 Å². The van der Waals surface area contributed by atoms with Crippen molar-refractivity contribution in [3.63, 3.8) is 0 Å². The minimum Gasteiger partial charge on any atom is -0.113 e. The summed E-state index contributed by atoms with van der Waals surface area (Å²) in [6.07, 6.45) is 2.41. The van der Waals surface area contributed by atoms with E-state index in [9.17, 15) is 0 Å². The molecule has 0 bridgehead atoms. The average molecular weight is 270 g/mol. The van der Waals surface area contributed by atoms with E-state index in [4.69, 9.17) is 0 Å². The number of aryl methyl sites for hydroxylation is 4. The summed E-state index contributed by atoms with van der Waals surface area (Å²) in [4.78, 5) is 0. The van der Waals surface area contributed by atoms with Gasteiger partial charge < -0.3 is 0 Å². The van der Waals surface area contributed by atoms with Crippen molar-refractivity contribution in [2.24, 2.45) is 0 Å². The summed E-state index contributed by atoms with van der Waals surface area (Å²) in [5.41, 5.74) is 8.50. The lowest BCUT2D eigenvalue weighted by atomic mass is 10.1. The van der Waals surface area contributed by atoms with Crippen LogP contribution in [0.15, 0.2) is 36.4 Å². The second-order valence-corrected chi connectivity index (χ2v) is 6.80. The van der Waals surface area contributed by atoms with Gasteiger partial charge in [-0.1, -0.05) is 58.7 Å². The van der Waals surface area contributed by atoms with Crippen LogP contribution in [0, 0.1) is 27.7 Å². The fourth-order valence-electron chi connectivity index (χ4n) is 2.69. The Balaban J connectivity index is 1.96. The van der Waals surface area contributed by atoms with E-state index in [1.165, 1.54) is 45.7 Å². The van der Waals surface area contributed by atoms with Gasteiger partial charge >= 0.3 is 0 Å². The first-order chi connectivity index (χ1) is 9.02. The molecule has 2 aromatic carbocycles. The summed E-state index contributed by atoms with van der Waals surface area (Å²) in [6.45, 7) is 8.74. The van der Waals surface area contributed by atoms with Gasteiger partial charge in [0.2, 0.25) is 0 Å². The third kappa shape index (κ3) is 4.48. The normalized spacial score (nSPS) is 10.7. The third-order valence-corrected chi connectivity index (χ3v) is 4.54. The molecule has 0 fully saturated rings. The molecule has 100 valence electrons. The minimum atomic E-state index is 0.973. The highest BCUT2D eigenvalue weighted by Gasteiger charge is 1.99. The first-order valence-corrected chi connectivity index (χ1v) is 8.29. The molecule has 0 unspecified atom stereocenters. The van der Waals surface area contributed by atoms with E-state index in [1.807, 2.05) is 0 Å². The van der Waals surface area contributed by atoms with Crippen molar-refractivity contribution in [2.45, 2.75) is 40.0 Å². The summed E-state index contributed by atoms with van der Waals surface area (Å²) < 4.78 is 0. The molecule has 0 saturated carbocycles. The molecule has 0 N–H and O–H groups in total. The first kappa shape index (κ1) is 14.3. The van der Waals surface area contributed by atoms with Crippen LogP contribution in [0.25, 0.3) is 0 Å². The largest absolute Gasteiger partial charge is 0.113 e. The molecule has 0 aliphatic carbocycles. The Bertz CT molecular complexity index is 478. The predicted molar refractivity (Wildman–Crippen MR) is 87.6 cm³/mol. The zero-order valence-electron chi connectivity index (χ0n) is 12.4. The number of hydrogen-bond donors (Lipinski definition) is 0. The van der Waals surface area contributed by atoms with Gasteiger partial charge in [-0.3, -0.25) is 0 Å². The number of benzene rings is 2. The maximum absolute atomic E-state index is 2.32. The molecule has 0 atom stereocenters. The van der Waals surface area contributed by atoms with E-state index in [2.05, 4.69) is 64.1 Å². The molecule has 2 rings (SSSR count). The molecule has 2 aromatic rings. The standard InChI is InChI=1S/C18H23P/c1-13-5-14(2)8-17(7-13)11-19-12-18-9-15(3)6-16(4)10-18/h5-10,19H,11-12H2,1-4H3. The molecule has 0 aliphatic heterocycles. The molecule has 0 aliphatic rings. The quantitative estimate of drug-likeness (QED) is 0.661. The zero-order valence-corrected chi connectivity index (χ0v) is 13.4. The Labute approximate surface area is 119 Å². The van der Waals surface area contributed by atoms with Gasteiger partial charge in [-0.15, -0.1) is 8.58 Å². The van der Waals surface area contributed by atoms with Crippen LogP contribution in [0.1, 0.15) is 33.4 Å². The maximum atomic E-state index is 2.32. The van der Waals surface area contributed by atoms with Gasteiger partial charge in [0, 0.05) is 0 Å². The highest BCUT2D eigenvalue weighted by atomic mass is 31.1. The molecule has 0 saturated heterocycles. The number of hydrogen-bond acceptors (Lipinski definition) is 0. The molecular weight excluding hydrogens is 247 g/mol. The number of rotatable bonds is 4. The fraction of sp³-hybridized carbons (Fsp3) is 0.333. The van der Waals surface area contributed by atoms with Crippen LogP contribution in [0.2, 0.25) is 0 Å². The monoisotopic (exact) mass is 270 g/mol. The maximum Gasteiger partial charge on any atom is -0.00974 e. The summed E-state index contributed by atoms with van der Waals surface area (Å²) in [5, 5.41) is 0. The molecule has 1 heteroatoms. The Morgan fingerprint density at radius 1 is 0.579 bits per heavy atom. The lowest BCUT2D eigenvalue weighted by Crippen LogP contribution is -1.87. The van der Waals surface area contributed by atoms with Crippen LogP contribution >= 0.6 is 8.58 Å². The van der Waals surface area contributed by atoms with Crippen LogP contribution < -0.4 is 0 Å². The second-order valence-electron chi connectivity index (χ2n) is 5.60. The van der Waals surface area contributed by atoms with E-state index in [-0.39, 0.29) is 0 Å². The Hall–Kier alpha value is -1.13. The van der Waals surface area contributed by atoms with Crippen molar-refractivity contribution in [1.82, 2.24) is 0 Å². The van der Waals surface area contributed by atoms with Gasteiger partial charge in [0.05, 0.1) is 0 Å². The van der Waals surface area contributed by atoms with Crippen LogP contribution in [-0.4, -0.2) is 0 Å². The SMILES string of the molecule is Cc1cc(C)cc(CPCc2cc(C)cc(C)c2)c1. The minimum absolute atomic E-state index is 0.973. The second kappa shape index (κ2) is 6.35. The van der Waals surface area contributed by atoms with Crippen molar-refractivity contribution in [3.05, 3.63) is 69.8 Å². The van der Waals surface area contributed by atoms with E-state index < -0.39 is 0 Å². The van der Waals surface area contributed by atoms with E-state index >= 15 is 0 Å². The first-order valence-electron chi connectivity index (χ1n) is 6.88. The van der Waals surface area contributed by atoms with Crippen molar-refractivity contribution in [1.29, 1.82) is 0 Å². The van der Waals surface area contributed by atoms with Crippen LogP contribution in [0.4, 0.5) is 0 Å². The summed E-state index contributed by atoms with van der Waals surface area (Å²) in [6, 6.07) is 13.8.